The van der Waals surface area contributed by atoms with Crippen LogP contribution in [0.4, 0.5) is 8.39 Å². The van der Waals surface area contributed by atoms with Crippen LogP contribution in [0.3, 0.4) is 0 Å². The zero-order valence-electron chi connectivity index (χ0n) is 6.01. The van der Waals surface area contributed by atoms with Crippen molar-refractivity contribution in [3.05, 3.63) is 0 Å². The van der Waals surface area contributed by atoms with Crippen LogP contribution in [0, 0.1) is 0 Å². The monoisotopic (exact) mass is 170 g/mol. The summed E-state index contributed by atoms with van der Waals surface area (Å²) in [5.74, 6) is 0.0633. The van der Waals surface area contributed by atoms with E-state index in [1.165, 1.54) is 11.8 Å². The highest BCUT2D eigenvalue weighted by Crippen LogP contribution is 2.50. The number of nitrogens with zero attached hydrogens (tertiary/aromatic N) is 2. The highest BCUT2D eigenvalue weighted by molar-refractivity contribution is 7.51. The highest BCUT2D eigenvalue weighted by Gasteiger charge is 2.17. The second-order valence-electron chi connectivity index (χ2n) is 1.98. The number of hydrogen-bond acceptors (Lipinski definition) is 1. The summed E-state index contributed by atoms with van der Waals surface area (Å²) >= 11 is 0. The molecule has 0 rings (SSSR count). The standard InChI is InChI=1S/C4H9F2N2OP/c1-4(8(2)3)7-10(5,6)9/h1-3H3. The van der Waals surface area contributed by atoms with Gasteiger partial charge in [0.2, 0.25) is 0 Å². The lowest BCUT2D eigenvalue weighted by molar-refractivity contribution is 0.494. The number of hydrogen-bond donors (Lipinski definition) is 0. The molecule has 0 heterocycles. The lowest BCUT2D eigenvalue weighted by Gasteiger charge is -2.09. The van der Waals surface area contributed by atoms with Crippen LogP contribution in [0.2, 0.25) is 0 Å². The van der Waals surface area contributed by atoms with Crippen LogP contribution in [0.15, 0.2) is 4.76 Å². The Morgan fingerprint density at radius 1 is 1.50 bits per heavy atom. The minimum atomic E-state index is -5.23. The molecule has 0 saturated heterocycles. The Balaban J connectivity index is 4.33. The zero-order valence-corrected chi connectivity index (χ0v) is 6.90. The molecule has 10 heavy (non-hydrogen) atoms. The molecule has 0 radical (unpaired) electrons. The molecule has 60 valence electrons. The van der Waals surface area contributed by atoms with Crippen molar-refractivity contribution in [3.63, 3.8) is 0 Å². The van der Waals surface area contributed by atoms with Gasteiger partial charge in [-0.1, -0.05) is 0 Å². The van der Waals surface area contributed by atoms with Gasteiger partial charge in [-0.15, -0.1) is 8.39 Å². The van der Waals surface area contributed by atoms with Crippen LogP contribution in [0.25, 0.3) is 0 Å². The molecule has 0 saturated carbocycles. The number of rotatable bonds is 1. The van der Waals surface area contributed by atoms with E-state index in [0.29, 0.717) is 0 Å². The average molecular weight is 170 g/mol. The van der Waals surface area contributed by atoms with E-state index in [4.69, 9.17) is 0 Å². The lowest BCUT2D eigenvalue weighted by Crippen LogP contribution is -2.17. The minimum Gasteiger partial charge on any atom is -0.366 e. The Kier molecular flexibility index (Phi) is 2.96. The van der Waals surface area contributed by atoms with E-state index in [1.54, 1.807) is 14.1 Å². The van der Waals surface area contributed by atoms with Gasteiger partial charge in [0.15, 0.2) is 0 Å². The molecule has 0 aliphatic carbocycles. The molecule has 0 atom stereocenters. The van der Waals surface area contributed by atoms with E-state index >= 15 is 0 Å². The van der Waals surface area contributed by atoms with Crippen molar-refractivity contribution in [1.29, 1.82) is 0 Å². The first-order chi connectivity index (χ1) is 4.33. The summed E-state index contributed by atoms with van der Waals surface area (Å²) in [6, 6.07) is 0. The fourth-order valence-electron chi connectivity index (χ4n) is 0.258. The molecule has 0 bridgehead atoms. The quantitative estimate of drug-likeness (QED) is 0.342. The second-order valence-corrected chi connectivity index (χ2v) is 3.05. The molecule has 0 N–H and O–H groups in total. The summed E-state index contributed by atoms with van der Waals surface area (Å²) in [4.78, 5) is 1.37. The lowest BCUT2D eigenvalue weighted by atomic mass is 10.6. The largest absolute Gasteiger partial charge is 0.531 e. The number of amidine groups is 1. The van der Waals surface area contributed by atoms with Gasteiger partial charge in [-0.25, -0.2) is 4.57 Å². The average Bonchev–Trinajstić information content (AvgIpc) is 1.60. The van der Waals surface area contributed by atoms with E-state index in [-0.39, 0.29) is 5.84 Å². The molecule has 6 heteroatoms. The van der Waals surface area contributed by atoms with Gasteiger partial charge in [-0.2, -0.15) is 4.76 Å². The van der Waals surface area contributed by atoms with Crippen LogP contribution < -0.4 is 0 Å². The topological polar surface area (TPSA) is 32.7 Å². The van der Waals surface area contributed by atoms with Crippen LogP contribution in [0.5, 0.6) is 0 Å². The molecule has 0 aliphatic heterocycles. The third kappa shape index (κ3) is 4.44. The molecule has 0 aromatic rings. The molecule has 0 aromatic heterocycles. The summed E-state index contributed by atoms with van der Waals surface area (Å²) in [5, 5.41) is 0. The Labute approximate surface area is 58.4 Å². The van der Waals surface area contributed by atoms with Crippen molar-refractivity contribution < 1.29 is 13.0 Å². The third-order valence-electron chi connectivity index (χ3n) is 0.908. The maximum absolute atomic E-state index is 11.7. The van der Waals surface area contributed by atoms with Gasteiger partial charge in [0.05, 0.1) is 0 Å². The zero-order chi connectivity index (χ0) is 8.36. The summed E-state index contributed by atoms with van der Waals surface area (Å²) < 4.78 is 35.8. The highest BCUT2D eigenvalue weighted by atomic mass is 31.2. The smallest absolute Gasteiger partial charge is 0.366 e. The molecule has 0 amide bonds. The van der Waals surface area contributed by atoms with E-state index in [2.05, 4.69) is 4.76 Å². The number of halogens is 2. The molecule has 3 nitrogen and oxygen atoms in total. The predicted octanol–water partition coefficient (Wildman–Crippen LogP) is 2.01. The third-order valence-corrected chi connectivity index (χ3v) is 1.43. The summed E-state index contributed by atoms with van der Waals surface area (Å²) in [6.07, 6.45) is 0. The Bertz CT molecular complexity index is 186. The molecule has 0 aliphatic rings. The first kappa shape index (κ1) is 9.56. The van der Waals surface area contributed by atoms with Crippen LogP contribution in [-0.2, 0) is 4.57 Å². The van der Waals surface area contributed by atoms with Crippen molar-refractivity contribution >= 4 is 13.7 Å². The van der Waals surface area contributed by atoms with Crippen molar-refractivity contribution in [2.75, 3.05) is 14.1 Å². The molecule has 0 fully saturated rings. The van der Waals surface area contributed by atoms with Crippen molar-refractivity contribution in [3.8, 4) is 0 Å². The molecular weight excluding hydrogens is 161 g/mol. The van der Waals surface area contributed by atoms with E-state index in [0.717, 1.165) is 0 Å². The van der Waals surface area contributed by atoms with Crippen molar-refractivity contribution in [2.45, 2.75) is 6.92 Å². The first-order valence-electron chi connectivity index (χ1n) is 2.56. The Morgan fingerprint density at radius 2 is 1.90 bits per heavy atom. The van der Waals surface area contributed by atoms with Gasteiger partial charge in [0.1, 0.15) is 5.84 Å². The van der Waals surface area contributed by atoms with Crippen LogP contribution >= 0.6 is 7.91 Å². The fraction of sp³-hybridized carbons (Fsp3) is 0.750. The predicted molar refractivity (Wildman–Crippen MR) is 36.6 cm³/mol. The Morgan fingerprint density at radius 3 is 2.00 bits per heavy atom. The van der Waals surface area contributed by atoms with Gasteiger partial charge in [-0.3, -0.25) is 0 Å². The van der Waals surface area contributed by atoms with Gasteiger partial charge in [0.25, 0.3) is 0 Å². The van der Waals surface area contributed by atoms with E-state index < -0.39 is 7.91 Å². The van der Waals surface area contributed by atoms with Gasteiger partial charge in [0, 0.05) is 14.1 Å². The van der Waals surface area contributed by atoms with Crippen LogP contribution in [0.1, 0.15) is 6.92 Å². The summed E-state index contributed by atoms with van der Waals surface area (Å²) in [6.45, 7) is 1.37. The van der Waals surface area contributed by atoms with Gasteiger partial charge >= 0.3 is 7.91 Å². The molecular formula is C4H9F2N2OP. The second kappa shape index (κ2) is 3.10. The van der Waals surface area contributed by atoms with Crippen LogP contribution in [-0.4, -0.2) is 24.8 Å². The maximum Gasteiger partial charge on any atom is 0.531 e. The maximum atomic E-state index is 11.7. The normalized spacial score (nSPS) is 13.5. The minimum absolute atomic E-state index is 0.0633. The van der Waals surface area contributed by atoms with Crippen molar-refractivity contribution in [2.24, 2.45) is 4.76 Å². The molecule has 0 aromatic carbocycles. The van der Waals surface area contributed by atoms with Crippen molar-refractivity contribution in [1.82, 2.24) is 4.90 Å². The molecule has 0 spiro atoms. The van der Waals surface area contributed by atoms with Gasteiger partial charge in [-0.05, 0) is 6.92 Å². The van der Waals surface area contributed by atoms with Gasteiger partial charge < -0.3 is 4.90 Å². The Hall–Kier alpha value is -0.440. The van der Waals surface area contributed by atoms with E-state index in [1.807, 2.05) is 0 Å². The summed E-state index contributed by atoms with van der Waals surface area (Å²) in [7, 11) is -2.13. The summed E-state index contributed by atoms with van der Waals surface area (Å²) in [5.41, 5.74) is 0. The molecule has 0 unspecified atom stereocenters. The first-order valence-corrected chi connectivity index (χ1v) is 4.00. The SMILES string of the molecule is CC(=NP(=O)(F)F)N(C)C. The van der Waals surface area contributed by atoms with E-state index in [9.17, 15) is 13.0 Å². The fourth-order valence-corrected chi connectivity index (χ4v) is 0.774.